The highest BCUT2D eigenvalue weighted by Gasteiger charge is 2.15. The molecule has 0 fully saturated rings. The van der Waals surface area contributed by atoms with Crippen molar-refractivity contribution in [3.05, 3.63) is 34.3 Å². The summed E-state index contributed by atoms with van der Waals surface area (Å²) in [6, 6.07) is 7.86. The Hall–Kier alpha value is -0.670. The monoisotopic (exact) mass is 283 g/mol. The fourth-order valence-corrected chi connectivity index (χ4v) is 1.97. The zero-order chi connectivity index (χ0) is 12.0. The molecule has 0 radical (unpaired) electrons. The maximum absolute atomic E-state index is 11.9. The molecule has 1 aromatic carbocycles. The van der Waals surface area contributed by atoms with Gasteiger partial charge in [-0.1, -0.05) is 41.4 Å². The largest absolute Gasteiger partial charge is 0.330 e. The lowest BCUT2D eigenvalue weighted by molar-refractivity contribution is -0.122. The molecule has 0 aliphatic heterocycles. The number of Topliss-reactive ketones (excluding diaryl/α,β-unsaturated/α-hetero) is 1. The van der Waals surface area contributed by atoms with Crippen molar-refractivity contribution < 1.29 is 4.79 Å². The quantitative estimate of drug-likeness (QED) is 0.872. The Kier molecular flexibility index (Phi) is 5.71. The van der Waals surface area contributed by atoms with Crippen LogP contribution in [0, 0.1) is 5.92 Å². The van der Waals surface area contributed by atoms with E-state index in [4.69, 9.17) is 5.73 Å². The Morgan fingerprint density at radius 3 is 2.50 bits per heavy atom. The van der Waals surface area contributed by atoms with E-state index < -0.39 is 0 Å². The van der Waals surface area contributed by atoms with E-state index in [1.807, 2.05) is 24.3 Å². The standard InChI is InChI=1S/C13H18BrNO/c1-2-3-11(9-15)13(16)8-10-4-6-12(14)7-5-10/h4-7,11H,2-3,8-9,15H2,1H3. The summed E-state index contributed by atoms with van der Waals surface area (Å²) in [6.07, 6.45) is 2.40. The summed E-state index contributed by atoms with van der Waals surface area (Å²) >= 11 is 3.37. The maximum atomic E-state index is 11.9. The number of rotatable bonds is 6. The molecule has 16 heavy (non-hydrogen) atoms. The first-order chi connectivity index (χ1) is 7.67. The molecule has 1 atom stereocenters. The van der Waals surface area contributed by atoms with E-state index in [-0.39, 0.29) is 11.7 Å². The second kappa shape index (κ2) is 6.81. The van der Waals surface area contributed by atoms with Gasteiger partial charge in [0, 0.05) is 23.4 Å². The van der Waals surface area contributed by atoms with Crippen LogP contribution in [0.25, 0.3) is 0 Å². The summed E-state index contributed by atoms with van der Waals surface area (Å²) in [5.41, 5.74) is 6.67. The second-order valence-corrected chi connectivity index (χ2v) is 4.91. The van der Waals surface area contributed by atoms with E-state index in [0.717, 1.165) is 22.9 Å². The normalized spacial score (nSPS) is 12.4. The number of halogens is 1. The first-order valence-corrected chi connectivity index (χ1v) is 6.44. The molecule has 1 rings (SSSR count). The molecule has 0 saturated heterocycles. The van der Waals surface area contributed by atoms with Crippen LogP contribution in [0.1, 0.15) is 25.3 Å². The minimum absolute atomic E-state index is 0.0219. The van der Waals surface area contributed by atoms with Crippen LogP contribution < -0.4 is 5.73 Å². The zero-order valence-corrected chi connectivity index (χ0v) is 11.2. The second-order valence-electron chi connectivity index (χ2n) is 3.99. The van der Waals surface area contributed by atoms with Gasteiger partial charge >= 0.3 is 0 Å². The van der Waals surface area contributed by atoms with Crippen LogP contribution in [0.15, 0.2) is 28.7 Å². The van der Waals surface area contributed by atoms with Gasteiger partial charge in [-0.05, 0) is 24.1 Å². The lowest BCUT2D eigenvalue weighted by Gasteiger charge is -2.12. The number of hydrogen-bond acceptors (Lipinski definition) is 2. The highest BCUT2D eigenvalue weighted by molar-refractivity contribution is 9.10. The fourth-order valence-electron chi connectivity index (χ4n) is 1.71. The lowest BCUT2D eigenvalue weighted by Crippen LogP contribution is -2.25. The predicted octanol–water partition coefficient (Wildman–Crippen LogP) is 2.94. The van der Waals surface area contributed by atoms with Crippen LogP contribution in [-0.4, -0.2) is 12.3 Å². The molecule has 0 aliphatic carbocycles. The molecule has 2 nitrogen and oxygen atoms in total. The van der Waals surface area contributed by atoms with Gasteiger partial charge in [0.05, 0.1) is 0 Å². The molecule has 0 amide bonds. The SMILES string of the molecule is CCCC(CN)C(=O)Cc1ccc(Br)cc1. The highest BCUT2D eigenvalue weighted by Crippen LogP contribution is 2.14. The number of nitrogens with two attached hydrogens (primary N) is 1. The lowest BCUT2D eigenvalue weighted by atomic mass is 9.94. The Bertz CT molecular complexity index is 334. The molecule has 0 aliphatic rings. The maximum Gasteiger partial charge on any atom is 0.141 e. The molecular weight excluding hydrogens is 266 g/mol. The van der Waals surface area contributed by atoms with Gasteiger partial charge in [-0.3, -0.25) is 4.79 Å². The average molecular weight is 284 g/mol. The summed E-state index contributed by atoms with van der Waals surface area (Å²) in [6.45, 7) is 2.54. The molecule has 1 unspecified atom stereocenters. The van der Waals surface area contributed by atoms with Crippen LogP contribution in [0.2, 0.25) is 0 Å². The summed E-state index contributed by atoms with van der Waals surface area (Å²) in [4.78, 5) is 11.9. The summed E-state index contributed by atoms with van der Waals surface area (Å²) in [5.74, 6) is 0.278. The van der Waals surface area contributed by atoms with Gasteiger partial charge in [-0.2, -0.15) is 0 Å². The van der Waals surface area contributed by atoms with E-state index in [1.54, 1.807) is 0 Å². The van der Waals surface area contributed by atoms with Gasteiger partial charge in [0.25, 0.3) is 0 Å². The molecule has 0 bridgehead atoms. The Morgan fingerprint density at radius 1 is 1.38 bits per heavy atom. The average Bonchev–Trinajstić information content (AvgIpc) is 2.29. The third kappa shape index (κ3) is 4.06. The van der Waals surface area contributed by atoms with Gasteiger partial charge in [0.2, 0.25) is 0 Å². The molecular formula is C13H18BrNO. The van der Waals surface area contributed by atoms with Crippen LogP contribution >= 0.6 is 15.9 Å². The smallest absolute Gasteiger partial charge is 0.141 e. The van der Waals surface area contributed by atoms with Crippen LogP contribution in [0.5, 0.6) is 0 Å². The number of carbonyl (C=O) groups is 1. The number of carbonyl (C=O) groups excluding carboxylic acids is 1. The highest BCUT2D eigenvalue weighted by atomic mass is 79.9. The van der Waals surface area contributed by atoms with Crippen molar-refractivity contribution in [1.29, 1.82) is 0 Å². The van der Waals surface area contributed by atoms with Crippen molar-refractivity contribution in [3.8, 4) is 0 Å². The van der Waals surface area contributed by atoms with E-state index in [2.05, 4.69) is 22.9 Å². The van der Waals surface area contributed by atoms with Gasteiger partial charge in [0.1, 0.15) is 5.78 Å². The fraction of sp³-hybridized carbons (Fsp3) is 0.462. The first-order valence-electron chi connectivity index (χ1n) is 5.64. The van der Waals surface area contributed by atoms with E-state index in [9.17, 15) is 4.79 Å². The number of ketones is 1. The first kappa shape index (κ1) is 13.4. The van der Waals surface area contributed by atoms with Crippen molar-refractivity contribution in [1.82, 2.24) is 0 Å². The van der Waals surface area contributed by atoms with Gasteiger partial charge in [-0.25, -0.2) is 0 Å². The van der Waals surface area contributed by atoms with Gasteiger partial charge in [0.15, 0.2) is 0 Å². The molecule has 1 aromatic rings. The summed E-state index contributed by atoms with van der Waals surface area (Å²) < 4.78 is 1.03. The Labute approximate surface area is 105 Å². The molecule has 0 saturated carbocycles. The number of benzene rings is 1. The van der Waals surface area contributed by atoms with Crippen molar-refractivity contribution in [2.45, 2.75) is 26.2 Å². The predicted molar refractivity (Wildman–Crippen MR) is 70.3 cm³/mol. The zero-order valence-electron chi connectivity index (χ0n) is 9.58. The van der Waals surface area contributed by atoms with Crippen molar-refractivity contribution in [2.24, 2.45) is 11.7 Å². The van der Waals surface area contributed by atoms with Crippen molar-refractivity contribution in [3.63, 3.8) is 0 Å². The van der Waals surface area contributed by atoms with Crippen LogP contribution in [0.3, 0.4) is 0 Å². The Balaban J connectivity index is 2.59. The molecule has 2 N–H and O–H groups in total. The van der Waals surface area contributed by atoms with E-state index in [1.165, 1.54) is 0 Å². The Morgan fingerprint density at radius 2 is 2.00 bits per heavy atom. The molecule has 88 valence electrons. The molecule has 3 heteroatoms. The van der Waals surface area contributed by atoms with Crippen molar-refractivity contribution >= 4 is 21.7 Å². The minimum Gasteiger partial charge on any atom is -0.330 e. The van der Waals surface area contributed by atoms with E-state index >= 15 is 0 Å². The minimum atomic E-state index is 0.0219. The summed E-state index contributed by atoms with van der Waals surface area (Å²) in [7, 11) is 0. The molecule has 0 heterocycles. The molecule has 0 spiro atoms. The summed E-state index contributed by atoms with van der Waals surface area (Å²) in [5, 5.41) is 0. The van der Waals surface area contributed by atoms with Crippen molar-refractivity contribution in [2.75, 3.05) is 6.54 Å². The van der Waals surface area contributed by atoms with Gasteiger partial charge in [-0.15, -0.1) is 0 Å². The topological polar surface area (TPSA) is 43.1 Å². The molecule has 0 aromatic heterocycles. The van der Waals surface area contributed by atoms with Gasteiger partial charge < -0.3 is 5.73 Å². The van der Waals surface area contributed by atoms with E-state index in [0.29, 0.717) is 13.0 Å². The number of hydrogen-bond donors (Lipinski definition) is 1. The third-order valence-electron chi connectivity index (χ3n) is 2.67. The third-order valence-corrected chi connectivity index (χ3v) is 3.20. The van der Waals surface area contributed by atoms with Crippen LogP contribution in [0.4, 0.5) is 0 Å². The van der Waals surface area contributed by atoms with Crippen LogP contribution in [-0.2, 0) is 11.2 Å².